The molecule has 0 saturated heterocycles. The van der Waals surface area contributed by atoms with Gasteiger partial charge < -0.3 is 16.8 Å². The van der Waals surface area contributed by atoms with Gasteiger partial charge in [0.15, 0.2) is 0 Å². The molecule has 33 heavy (non-hydrogen) atoms. The number of aryl methyl sites for hydroxylation is 2. The molecule has 1 rings (SSSR count). The molecule has 0 aliphatic carbocycles. The lowest BCUT2D eigenvalue weighted by molar-refractivity contribution is 0.385. The molecular formula is C29H56N4. The number of hydrogen-bond acceptors (Lipinski definition) is 4. The lowest BCUT2D eigenvalue weighted by Gasteiger charge is -2.22. The number of unbranched alkanes of at least 4 members (excludes halogenated alkanes) is 4. The average Bonchev–Trinajstić information content (AvgIpc) is 2.83. The molecule has 5 N–H and O–H groups in total. The normalized spacial score (nSPS) is 13.0. The van der Waals surface area contributed by atoms with Gasteiger partial charge in [0.1, 0.15) is 5.82 Å². The molecular weight excluding hydrogens is 404 g/mol. The molecule has 3 unspecified atom stereocenters. The van der Waals surface area contributed by atoms with Crippen molar-refractivity contribution in [3.05, 3.63) is 49.2 Å². The van der Waals surface area contributed by atoms with Gasteiger partial charge in [0.05, 0.1) is 0 Å². The maximum Gasteiger partial charge on any atom is 0.126 e. The first kappa shape index (κ1) is 33.5. The van der Waals surface area contributed by atoms with Gasteiger partial charge in [0.25, 0.3) is 0 Å². The quantitative estimate of drug-likeness (QED) is 0.178. The fourth-order valence-corrected chi connectivity index (χ4v) is 3.36. The smallest absolute Gasteiger partial charge is 0.126 e. The highest BCUT2D eigenvalue weighted by Gasteiger charge is 2.10. The highest BCUT2D eigenvalue weighted by atomic mass is 14.9. The minimum Gasteiger partial charge on any atom is -0.383 e. The predicted molar refractivity (Wildman–Crippen MR) is 151 cm³/mol. The van der Waals surface area contributed by atoms with Crippen LogP contribution in [0, 0.1) is 0 Å². The standard InChI is InChI=1S/C23H41N3.C4H11N.C2H4/c1-5-8-14-21(25-19(4)6-2)15-12-10-9-11-13-16-22-18-17-20(7-3)23(24)26-22;1-3-4(2)5;1-2/h5,17-19,21,25H,1,6-16H2,2-4H3,(H2,24,26);4H,3,5H2,1-2H3;1-2H2. The van der Waals surface area contributed by atoms with Gasteiger partial charge in [0.2, 0.25) is 0 Å². The van der Waals surface area contributed by atoms with Crippen molar-refractivity contribution in [1.29, 1.82) is 0 Å². The van der Waals surface area contributed by atoms with Gasteiger partial charge in [-0.3, -0.25) is 0 Å². The Bertz CT molecular complexity index is 571. The number of nitrogens with zero attached hydrogens (tertiary/aromatic N) is 1. The summed E-state index contributed by atoms with van der Waals surface area (Å²) in [4.78, 5) is 4.53. The van der Waals surface area contributed by atoms with Crippen LogP contribution in [0.3, 0.4) is 0 Å². The number of nitrogen functional groups attached to an aromatic ring is 1. The topological polar surface area (TPSA) is 77.0 Å². The van der Waals surface area contributed by atoms with Gasteiger partial charge in [0, 0.05) is 23.8 Å². The average molecular weight is 461 g/mol. The number of pyridine rings is 1. The second kappa shape index (κ2) is 23.5. The highest BCUT2D eigenvalue weighted by molar-refractivity contribution is 5.40. The predicted octanol–water partition coefficient (Wildman–Crippen LogP) is 7.38. The zero-order valence-corrected chi connectivity index (χ0v) is 22.7. The maximum atomic E-state index is 5.99. The molecule has 0 aliphatic rings. The largest absolute Gasteiger partial charge is 0.383 e. The summed E-state index contributed by atoms with van der Waals surface area (Å²) in [6.45, 7) is 20.6. The monoisotopic (exact) mass is 460 g/mol. The molecule has 0 radical (unpaired) electrons. The molecule has 0 bridgehead atoms. The van der Waals surface area contributed by atoms with Crippen molar-refractivity contribution in [2.45, 2.75) is 130 Å². The van der Waals surface area contributed by atoms with Gasteiger partial charge >= 0.3 is 0 Å². The number of allylic oxidation sites excluding steroid dienone is 1. The van der Waals surface area contributed by atoms with Crippen LogP contribution in [0.4, 0.5) is 5.82 Å². The van der Waals surface area contributed by atoms with Crippen molar-refractivity contribution in [3.63, 3.8) is 0 Å². The summed E-state index contributed by atoms with van der Waals surface area (Å²) < 4.78 is 0. The van der Waals surface area contributed by atoms with Gasteiger partial charge in [-0.15, -0.1) is 19.7 Å². The van der Waals surface area contributed by atoms with E-state index < -0.39 is 0 Å². The number of nitrogens with two attached hydrogens (primary N) is 2. The Morgan fingerprint density at radius 1 is 0.970 bits per heavy atom. The third-order valence-corrected chi connectivity index (χ3v) is 5.93. The second-order valence-electron chi connectivity index (χ2n) is 8.93. The summed E-state index contributed by atoms with van der Waals surface area (Å²) in [7, 11) is 0. The van der Waals surface area contributed by atoms with Crippen molar-refractivity contribution < 1.29 is 0 Å². The molecule has 0 aromatic carbocycles. The molecule has 0 aliphatic heterocycles. The van der Waals surface area contributed by atoms with Crippen molar-refractivity contribution in [3.8, 4) is 0 Å². The Kier molecular flexibility index (Phi) is 23.9. The molecule has 4 nitrogen and oxygen atoms in total. The van der Waals surface area contributed by atoms with Crippen molar-refractivity contribution >= 4 is 5.82 Å². The molecule has 3 atom stereocenters. The highest BCUT2D eigenvalue weighted by Crippen LogP contribution is 2.15. The van der Waals surface area contributed by atoms with E-state index in [9.17, 15) is 0 Å². The van der Waals surface area contributed by atoms with Crippen LogP contribution in [0.15, 0.2) is 37.9 Å². The number of rotatable bonds is 16. The van der Waals surface area contributed by atoms with Crippen molar-refractivity contribution in [2.75, 3.05) is 5.73 Å². The number of anilines is 1. The first-order valence-corrected chi connectivity index (χ1v) is 13.2. The first-order chi connectivity index (χ1) is 15.9. The zero-order valence-electron chi connectivity index (χ0n) is 22.7. The molecule has 1 aromatic rings. The molecule has 0 amide bonds. The van der Waals surface area contributed by atoms with E-state index in [0.29, 0.717) is 23.9 Å². The lowest BCUT2D eigenvalue weighted by atomic mass is 10.0. The van der Waals surface area contributed by atoms with E-state index in [2.05, 4.69) is 69.9 Å². The fourth-order valence-electron chi connectivity index (χ4n) is 3.36. The van der Waals surface area contributed by atoms with Crippen LogP contribution in [-0.2, 0) is 12.8 Å². The molecule has 0 saturated carbocycles. The van der Waals surface area contributed by atoms with Crippen molar-refractivity contribution in [1.82, 2.24) is 10.3 Å². The summed E-state index contributed by atoms with van der Waals surface area (Å²) in [5.74, 6) is 0.712. The minimum absolute atomic E-state index is 0.384. The van der Waals surface area contributed by atoms with Crippen LogP contribution < -0.4 is 16.8 Å². The summed E-state index contributed by atoms with van der Waals surface area (Å²) in [5.41, 5.74) is 13.6. The molecule has 1 heterocycles. The Morgan fingerprint density at radius 3 is 2.09 bits per heavy atom. The molecule has 1 aromatic heterocycles. The Morgan fingerprint density at radius 2 is 1.58 bits per heavy atom. The fraction of sp³-hybridized carbons (Fsp3) is 0.690. The van der Waals surface area contributed by atoms with Crippen LogP contribution >= 0.6 is 0 Å². The maximum absolute atomic E-state index is 5.99. The van der Waals surface area contributed by atoms with E-state index >= 15 is 0 Å². The summed E-state index contributed by atoms with van der Waals surface area (Å²) >= 11 is 0. The van der Waals surface area contributed by atoms with E-state index in [-0.39, 0.29) is 0 Å². The van der Waals surface area contributed by atoms with E-state index in [4.69, 9.17) is 11.5 Å². The molecule has 4 heteroatoms. The number of nitrogens with one attached hydrogen (secondary N) is 1. The van der Waals surface area contributed by atoms with E-state index in [1.165, 1.54) is 51.4 Å². The van der Waals surface area contributed by atoms with Crippen LogP contribution in [0.25, 0.3) is 0 Å². The first-order valence-electron chi connectivity index (χ1n) is 13.2. The van der Waals surface area contributed by atoms with Gasteiger partial charge in [-0.2, -0.15) is 0 Å². The summed E-state index contributed by atoms with van der Waals surface area (Å²) in [6.07, 6.45) is 16.4. The Balaban J connectivity index is 0. The van der Waals surface area contributed by atoms with Gasteiger partial charge in [-0.05, 0) is 76.8 Å². The lowest BCUT2D eigenvalue weighted by Crippen LogP contribution is -2.36. The molecule has 0 fully saturated rings. The Labute approximate surface area is 206 Å². The number of hydrogen-bond donors (Lipinski definition) is 3. The third kappa shape index (κ3) is 19.5. The third-order valence-electron chi connectivity index (χ3n) is 5.93. The molecule has 0 spiro atoms. The van der Waals surface area contributed by atoms with Crippen LogP contribution in [0.1, 0.15) is 110 Å². The SMILES string of the molecule is C=C.C=CCCC(CCCCCCCc1ccc(CC)c(N)n1)NC(C)CC.CCC(C)N. The van der Waals surface area contributed by atoms with E-state index in [0.717, 1.165) is 36.9 Å². The van der Waals surface area contributed by atoms with Gasteiger partial charge in [-0.1, -0.05) is 58.6 Å². The van der Waals surface area contributed by atoms with E-state index in [1.807, 2.05) is 13.0 Å². The van der Waals surface area contributed by atoms with Crippen LogP contribution in [-0.4, -0.2) is 23.1 Å². The minimum atomic E-state index is 0.384. The van der Waals surface area contributed by atoms with Gasteiger partial charge in [-0.25, -0.2) is 4.98 Å². The van der Waals surface area contributed by atoms with Crippen LogP contribution in [0.2, 0.25) is 0 Å². The van der Waals surface area contributed by atoms with Crippen molar-refractivity contribution in [2.24, 2.45) is 5.73 Å². The zero-order chi connectivity index (χ0) is 25.5. The summed E-state index contributed by atoms with van der Waals surface area (Å²) in [5, 5.41) is 3.77. The Hall–Kier alpha value is -1.65. The second-order valence-corrected chi connectivity index (χ2v) is 8.93. The molecule has 192 valence electrons. The summed E-state index contributed by atoms with van der Waals surface area (Å²) in [6, 6.07) is 5.91. The number of aromatic nitrogens is 1. The van der Waals surface area contributed by atoms with E-state index in [1.54, 1.807) is 0 Å². The van der Waals surface area contributed by atoms with Crippen LogP contribution in [0.5, 0.6) is 0 Å².